The fourth-order valence-electron chi connectivity index (χ4n) is 2.14. The van der Waals surface area contributed by atoms with E-state index >= 15 is 0 Å². The van der Waals surface area contributed by atoms with Crippen LogP contribution in [0.3, 0.4) is 0 Å². The summed E-state index contributed by atoms with van der Waals surface area (Å²) in [6.07, 6.45) is 0. The third-order valence-electron chi connectivity index (χ3n) is 3.05. The minimum absolute atomic E-state index is 0.448. The lowest BCUT2D eigenvalue weighted by atomic mass is 10.2. The van der Waals surface area contributed by atoms with E-state index in [-0.39, 0.29) is 0 Å². The number of hydrogen-bond donors (Lipinski definition) is 0. The van der Waals surface area contributed by atoms with Crippen molar-refractivity contribution in [2.45, 2.75) is 13.5 Å². The van der Waals surface area contributed by atoms with Crippen LogP contribution in [0, 0.1) is 6.92 Å². The zero-order valence-corrected chi connectivity index (χ0v) is 12.1. The molecule has 3 rings (SSSR count). The highest BCUT2D eigenvalue weighted by molar-refractivity contribution is 6.29. The SMILES string of the molecule is Cc1nc(Cl)cc(N(C)Cc2cc3ccccc3o2)n1. The minimum atomic E-state index is 0.448. The molecular weight excluding hydrogens is 274 g/mol. The Bertz CT molecular complexity index is 700. The molecule has 0 amide bonds. The van der Waals surface area contributed by atoms with Crippen LogP contribution in [0.15, 0.2) is 40.8 Å². The number of aryl methyl sites for hydroxylation is 1. The van der Waals surface area contributed by atoms with Gasteiger partial charge in [0.15, 0.2) is 0 Å². The summed E-state index contributed by atoms with van der Waals surface area (Å²) in [7, 11) is 1.95. The van der Waals surface area contributed by atoms with Crippen LogP contribution in [0.5, 0.6) is 0 Å². The van der Waals surface area contributed by atoms with Gasteiger partial charge in [-0.1, -0.05) is 29.8 Å². The fourth-order valence-corrected chi connectivity index (χ4v) is 2.36. The summed E-state index contributed by atoms with van der Waals surface area (Å²) in [5.41, 5.74) is 0.896. The summed E-state index contributed by atoms with van der Waals surface area (Å²) in [6, 6.07) is 11.8. The van der Waals surface area contributed by atoms with Crippen LogP contribution in [0.25, 0.3) is 11.0 Å². The van der Waals surface area contributed by atoms with Crippen molar-refractivity contribution in [1.82, 2.24) is 9.97 Å². The van der Waals surface area contributed by atoms with Crippen LogP contribution in [-0.4, -0.2) is 17.0 Å². The fraction of sp³-hybridized carbons (Fsp3) is 0.200. The van der Waals surface area contributed by atoms with E-state index < -0.39 is 0 Å². The zero-order chi connectivity index (χ0) is 14.1. The van der Waals surface area contributed by atoms with E-state index in [1.54, 1.807) is 6.07 Å². The van der Waals surface area contributed by atoms with E-state index in [4.69, 9.17) is 16.0 Å². The van der Waals surface area contributed by atoms with Crippen LogP contribution < -0.4 is 4.90 Å². The van der Waals surface area contributed by atoms with Crippen LogP contribution in [0.4, 0.5) is 5.82 Å². The molecule has 0 saturated carbocycles. The molecule has 0 saturated heterocycles. The van der Waals surface area contributed by atoms with Gasteiger partial charge in [-0.3, -0.25) is 0 Å². The quantitative estimate of drug-likeness (QED) is 0.687. The molecule has 0 atom stereocenters. The number of rotatable bonds is 3. The number of anilines is 1. The first-order chi connectivity index (χ1) is 9.61. The van der Waals surface area contributed by atoms with Crippen LogP contribution in [0.2, 0.25) is 5.15 Å². The molecule has 2 heterocycles. The number of halogens is 1. The standard InChI is InChI=1S/C15H14ClN3O/c1-10-17-14(16)8-15(18-10)19(2)9-12-7-11-5-3-4-6-13(11)20-12/h3-8H,9H2,1-2H3. The Morgan fingerprint density at radius 1 is 1.20 bits per heavy atom. The van der Waals surface area contributed by atoms with E-state index in [0.29, 0.717) is 17.5 Å². The smallest absolute Gasteiger partial charge is 0.134 e. The van der Waals surface area contributed by atoms with Gasteiger partial charge in [-0.05, 0) is 19.1 Å². The van der Waals surface area contributed by atoms with Crippen molar-refractivity contribution >= 4 is 28.4 Å². The molecule has 2 aromatic heterocycles. The maximum Gasteiger partial charge on any atom is 0.134 e. The average molecular weight is 288 g/mol. The number of para-hydroxylation sites is 1. The Kier molecular flexibility index (Phi) is 3.32. The molecular formula is C15H14ClN3O. The predicted octanol–water partition coefficient (Wildman–Crippen LogP) is 3.82. The summed E-state index contributed by atoms with van der Waals surface area (Å²) in [5.74, 6) is 2.33. The summed E-state index contributed by atoms with van der Waals surface area (Å²) in [4.78, 5) is 10.4. The Morgan fingerprint density at radius 3 is 2.75 bits per heavy atom. The number of benzene rings is 1. The number of aromatic nitrogens is 2. The first-order valence-corrected chi connectivity index (χ1v) is 6.69. The maximum absolute atomic E-state index is 5.96. The first-order valence-electron chi connectivity index (χ1n) is 6.31. The minimum Gasteiger partial charge on any atom is -0.459 e. The number of furan rings is 1. The molecule has 5 heteroatoms. The lowest BCUT2D eigenvalue weighted by molar-refractivity contribution is 0.545. The van der Waals surface area contributed by atoms with Gasteiger partial charge in [0, 0.05) is 18.5 Å². The largest absolute Gasteiger partial charge is 0.459 e. The molecule has 0 aliphatic rings. The van der Waals surface area contributed by atoms with Gasteiger partial charge in [-0.25, -0.2) is 9.97 Å². The monoisotopic (exact) mass is 287 g/mol. The molecule has 4 nitrogen and oxygen atoms in total. The summed E-state index contributed by atoms with van der Waals surface area (Å²) < 4.78 is 5.80. The van der Waals surface area contributed by atoms with Crippen molar-refractivity contribution in [1.29, 1.82) is 0 Å². The van der Waals surface area contributed by atoms with E-state index in [2.05, 4.69) is 9.97 Å². The van der Waals surface area contributed by atoms with Crippen LogP contribution in [0.1, 0.15) is 11.6 Å². The van der Waals surface area contributed by atoms with Gasteiger partial charge in [0.1, 0.15) is 28.1 Å². The molecule has 3 aromatic rings. The van der Waals surface area contributed by atoms with Gasteiger partial charge in [0.25, 0.3) is 0 Å². The van der Waals surface area contributed by atoms with Crippen LogP contribution in [-0.2, 0) is 6.54 Å². The van der Waals surface area contributed by atoms with Gasteiger partial charge < -0.3 is 9.32 Å². The van der Waals surface area contributed by atoms with Crippen molar-refractivity contribution in [3.63, 3.8) is 0 Å². The molecule has 20 heavy (non-hydrogen) atoms. The molecule has 0 unspecified atom stereocenters. The second kappa shape index (κ2) is 5.13. The Labute approximate surface area is 122 Å². The van der Waals surface area contributed by atoms with Gasteiger partial charge >= 0.3 is 0 Å². The molecule has 0 radical (unpaired) electrons. The lowest BCUT2D eigenvalue weighted by Gasteiger charge is -2.16. The molecule has 102 valence electrons. The third kappa shape index (κ3) is 2.60. The predicted molar refractivity (Wildman–Crippen MR) is 80.1 cm³/mol. The normalized spacial score (nSPS) is 10.9. The van der Waals surface area contributed by atoms with Gasteiger partial charge in [0.05, 0.1) is 6.54 Å². The summed E-state index contributed by atoms with van der Waals surface area (Å²) in [5, 5.41) is 1.55. The number of nitrogens with zero attached hydrogens (tertiary/aromatic N) is 3. The van der Waals surface area contributed by atoms with Crippen molar-refractivity contribution in [2.24, 2.45) is 0 Å². The molecule has 0 bridgehead atoms. The van der Waals surface area contributed by atoms with Gasteiger partial charge in [-0.2, -0.15) is 0 Å². The first kappa shape index (κ1) is 12.9. The van der Waals surface area contributed by atoms with Gasteiger partial charge in [-0.15, -0.1) is 0 Å². The molecule has 0 spiro atoms. The zero-order valence-electron chi connectivity index (χ0n) is 11.3. The van der Waals surface area contributed by atoms with Gasteiger partial charge in [0.2, 0.25) is 0 Å². The van der Waals surface area contributed by atoms with Crippen molar-refractivity contribution in [2.75, 3.05) is 11.9 Å². The topological polar surface area (TPSA) is 42.2 Å². The highest BCUT2D eigenvalue weighted by Gasteiger charge is 2.09. The Morgan fingerprint density at radius 2 is 2.00 bits per heavy atom. The number of fused-ring (bicyclic) bond motifs is 1. The third-order valence-corrected chi connectivity index (χ3v) is 3.25. The molecule has 1 aromatic carbocycles. The van der Waals surface area contributed by atoms with Crippen molar-refractivity contribution < 1.29 is 4.42 Å². The molecule has 0 N–H and O–H groups in total. The second-order valence-corrected chi connectivity index (χ2v) is 5.09. The highest BCUT2D eigenvalue weighted by atomic mass is 35.5. The highest BCUT2D eigenvalue weighted by Crippen LogP contribution is 2.22. The Balaban J connectivity index is 1.86. The van der Waals surface area contributed by atoms with Crippen LogP contribution >= 0.6 is 11.6 Å². The molecule has 0 aliphatic heterocycles. The van der Waals surface area contributed by atoms with E-state index in [9.17, 15) is 0 Å². The maximum atomic E-state index is 5.96. The second-order valence-electron chi connectivity index (χ2n) is 4.70. The summed E-state index contributed by atoms with van der Waals surface area (Å²) in [6.45, 7) is 2.45. The van der Waals surface area contributed by atoms with E-state index in [0.717, 1.165) is 22.5 Å². The Hall–Kier alpha value is -2.07. The number of hydrogen-bond acceptors (Lipinski definition) is 4. The van der Waals surface area contributed by atoms with E-state index in [1.165, 1.54) is 0 Å². The lowest BCUT2D eigenvalue weighted by Crippen LogP contribution is -2.17. The summed E-state index contributed by atoms with van der Waals surface area (Å²) >= 11 is 5.96. The molecule has 0 aliphatic carbocycles. The average Bonchev–Trinajstić information content (AvgIpc) is 2.79. The van der Waals surface area contributed by atoms with Crippen molar-refractivity contribution in [3.8, 4) is 0 Å². The van der Waals surface area contributed by atoms with E-state index in [1.807, 2.05) is 49.2 Å². The molecule has 0 fully saturated rings. The van der Waals surface area contributed by atoms with Crippen molar-refractivity contribution in [3.05, 3.63) is 53.1 Å².